The summed E-state index contributed by atoms with van der Waals surface area (Å²) in [6.45, 7) is -0.832. The summed E-state index contributed by atoms with van der Waals surface area (Å²) in [5, 5.41) is 2.30. The molecule has 0 bridgehead atoms. The smallest absolute Gasteiger partial charge is 0.325 e. The highest BCUT2D eigenvalue weighted by Gasteiger charge is 2.31. The monoisotopic (exact) mass is 466 g/mol. The fourth-order valence-electron chi connectivity index (χ4n) is 2.90. The highest BCUT2D eigenvalue weighted by molar-refractivity contribution is 7.89. The molecule has 0 aliphatic rings. The first-order valence-corrected chi connectivity index (χ1v) is 10.8. The van der Waals surface area contributed by atoms with Crippen LogP contribution < -0.4 is 5.32 Å². The molecule has 0 spiro atoms. The average Bonchev–Trinajstić information content (AvgIpc) is 2.74. The number of nitrogens with one attached hydrogen (secondary N) is 1. The van der Waals surface area contributed by atoms with Crippen molar-refractivity contribution in [1.29, 1.82) is 0 Å². The van der Waals surface area contributed by atoms with Gasteiger partial charge in [-0.15, -0.1) is 0 Å². The van der Waals surface area contributed by atoms with Gasteiger partial charge in [0, 0.05) is 12.2 Å². The van der Waals surface area contributed by atoms with Crippen LogP contribution in [-0.2, 0) is 27.5 Å². The standard InChI is InChI=1S/C22H18F4N2O3S/c23-18-9-11-20(12-10-18)32(30,31)28(14-16-5-2-1-3-6-16)15-21(29)27-19-8-4-7-17(13-19)22(24,25)26/h1-13H,14-15H2,(H,27,29). The van der Waals surface area contributed by atoms with Gasteiger partial charge in [0.25, 0.3) is 0 Å². The Balaban J connectivity index is 1.85. The second kappa shape index (κ2) is 9.49. The number of carbonyl (C=O) groups is 1. The molecule has 1 N–H and O–H groups in total. The first-order chi connectivity index (χ1) is 15.1. The minimum absolute atomic E-state index is 0.122. The minimum atomic E-state index is -4.59. The SMILES string of the molecule is O=C(CN(Cc1ccccc1)S(=O)(=O)c1ccc(F)cc1)Nc1cccc(C(F)(F)F)c1. The zero-order valence-corrected chi connectivity index (χ0v) is 17.3. The second-order valence-electron chi connectivity index (χ2n) is 6.84. The van der Waals surface area contributed by atoms with Crippen LogP contribution >= 0.6 is 0 Å². The molecule has 3 aromatic carbocycles. The molecule has 0 heterocycles. The Morgan fingerprint density at radius 3 is 2.19 bits per heavy atom. The van der Waals surface area contributed by atoms with Crippen molar-refractivity contribution >= 4 is 21.6 Å². The maximum atomic E-state index is 13.2. The van der Waals surface area contributed by atoms with Gasteiger partial charge in [-0.1, -0.05) is 36.4 Å². The number of hydrogen-bond donors (Lipinski definition) is 1. The largest absolute Gasteiger partial charge is 0.416 e. The Kier molecular flexibility index (Phi) is 6.95. The lowest BCUT2D eigenvalue weighted by atomic mass is 10.2. The molecule has 168 valence electrons. The zero-order chi connectivity index (χ0) is 23.4. The van der Waals surface area contributed by atoms with E-state index in [0.29, 0.717) is 5.56 Å². The summed E-state index contributed by atoms with van der Waals surface area (Å²) in [6.07, 6.45) is -4.59. The summed E-state index contributed by atoms with van der Waals surface area (Å²) in [5.41, 5.74) is -0.482. The van der Waals surface area contributed by atoms with E-state index in [0.717, 1.165) is 46.8 Å². The number of carbonyl (C=O) groups excluding carboxylic acids is 1. The number of hydrogen-bond acceptors (Lipinski definition) is 3. The van der Waals surface area contributed by atoms with Gasteiger partial charge in [0.2, 0.25) is 15.9 Å². The molecule has 0 atom stereocenters. The van der Waals surface area contributed by atoms with Crippen molar-refractivity contribution in [2.75, 3.05) is 11.9 Å². The molecule has 5 nitrogen and oxygen atoms in total. The third-order valence-electron chi connectivity index (χ3n) is 4.45. The highest BCUT2D eigenvalue weighted by atomic mass is 32.2. The van der Waals surface area contributed by atoms with Crippen molar-refractivity contribution < 1.29 is 30.8 Å². The van der Waals surface area contributed by atoms with Gasteiger partial charge in [-0.2, -0.15) is 17.5 Å². The molecule has 0 aliphatic heterocycles. The Morgan fingerprint density at radius 2 is 1.56 bits per heavy atom. The number of alkyl halides is 3. The lowest BCUT2D eigenvalue weighted by Crippen LogP contribution is -2.37. The van der Waals surface area contributed by atoms with Crippen LogP contribution in [0.1, 0.15) is 11.1 Å². The van der Waals surface area contributed by atoms with Gasteiger partial charge in [-0.05, 0) is 48.0 Å². The molecule has 3 rings (SSSR count). The molecule has 1 amide bonds. The number of rotatable bonds is 7. The predicted molar refractivity (Wildman–Crippen MR) is 111 cm³/mol. The van der Waals surface area contributed by atoms with Crippen molar-refractivity contribution in [2.24, 2.45) is 0 Å². The van der Waals surface area contributed by atoms with Crippen LogP contribution in [0.15, 0.2) is 83.8 Å². The van der Waals surface area contributed by atoms with Crippen LogP contribution in [0.4, 0.5) is 23.2 Å². The Bertz CT molecular complexity index is 1180. The zero-order valence-electron chi connectivity index (χ0n) is 16.5. The number of anilines is 1. The summed E-state index contributed by atoms with van der Waals surface area (Å²) in [5.74, 6) is -1.45. The summed E-state index contributed by atoms with van der Waals surface area (Å²) in [4.78, 5) is 12.3. The summed E-state index contributed by atoms with van der Waals surface area (Å²) >= 11 is 0. The van der Waals surface area contributed by atoms with Crippen LogP contribution in [0.2, 0.25) is 0 Å². The van der Waals surface area contributed by atoms with E-state index in [-0.39, 0.29) is 17.1 Å². The van der Waals surface area contributed by atoms with Gasteiger partial charge in [-0.3, -0.25) is 4.79 Å². The lowest BCUT2D eigenvalue weighted by Gasteiger charge is -2.22. The van der Waals surface area contributed by atoms with Crippen molar-refractivity contribution in [2.45, 2.75) is 17.6 Å². The third-order valence-corrected chi connectivity index (χ3v) is 6.25. The summed E-state index contributed by atoms with van der Waals surface area (Å²) in [6, 6.07) is 16.6. The predicted octanol–water partition coefficient (Wildman–Crippen LogP) is 4.67. The van der Waals surface area contributed by atoms with E-state index in [4.69, 9.17) is 0 Å². The number of halogens is 4. The van der Waals surface area contributed by atoms with Crippen LogP contribution in [0.5, 0.6) is 0 Å². The molecule has 0 radical (unpaired) electrons. The fourth-order valence-corrected chi connectivity index (χ4v) is 4.29. The maximum Gasteiger partial charge on any atom is 0.416 e. The number of sulfonamides is 1. The first kappa shape index (κ1) is 23.4. The van der Waals surface area contributed by atoms with Crippen LogP contribution in [-0.4, -0.2) is 25.2 Å². The van der Waals surface area contributed by atoms with Gasteiger partial charge in [-0.25, -0.2) is 12.8 Å². The maximum absolute atomic E-state index is 13.2. The summed E-state index contributed by atoms with van der Waals surface area (Å²) in [7, 11) is -4.21. The Labute approximate surface area is 182 Å². The molecule has 0 unspecified atom stereocenters. The van der Waals surface area contributed by atoms with Gasteiger partial charge in [0.05, 0.1) is 17.0 Å². The normalized spacial score (nSPS) is 12.0. The molecule has 0 saturated heterocycles. The Hall–Kier alpha value is -3.24. The third kappa shape index (κ3) is 5.92. The summed E-state index contributed by atoms with van der Waals surface area (Å²) < 4.78 is 79.0. The van der Waals surface area contributed by atoms with E-state index in [1.807, 2.05) is 0 Å². The molecule has 10 heteroatoms. The Morgan fingerprint density at radius 1 is 0.906 bits per heavy atom. The molecule has 0 saturated carbocycles. The van der Waals surface area contributed by atoms with Gasteiger partial charge < -0.3 is 5.32 Å². The number of amides is 1. The molecule has 3 aromatic rings. The minimum Gasteiger partial charge on any atom is -0.325 e. The van der Waals surface area contributed by atoms with E-state index in [1.165, 1.54) is 6.07 Å². The van der Waals surface area contributed by atoms with Gasteiger partial charge in [0.15, 0.2) is 0 Å². The van der Waals surface area contributed by atoms with Crippen molar-refractivity contribution in [3.63, 3.8) is 0 Å². The van der Waals surface area contributed by atoms with Crippen LogP contribution in [0.25, 0.3) is 0 Å². The van der Waals surface area contributed by atoms with Crippen molar-refractivity contribution in [3.8, 4) is 0 Å². The van der Waals surface area contributed by atoms with Gasteiger partial charge >= 0.3 is 6.18 Å². The van der Waals surface area contributed by atoms with Crippen LogP contribution in [0.3, 0.4) is 0 Å². The molecule has 0 fully saturated rings. The quantitative estimate of drug-likeness (QED) is 0.515. The highest BCUT2D eigenvalue weighted by Crippen LogP contribution is 2.30. The first-order valence-electron chi connectivity index (χ1n) is 9.32. The van der Waals surface area contributed by atoms with Crippen molar-refractivity contribution in [3.05, 3.63) is 95.8 Å². The number of nitrogens with zero attached hydrogens (tertiary/aromatic N) is 1. The van der Waals surface area contributed by atoms with Crippen molar-refractivity contribution in [1.82, 2.24) is 4.31 Å². The van der Waals surface area contributed by atoms with E-state index in [9.17, 15) is 30.8 Å². The lowest BCUT2D eigenvalue weighted by molar-refractivity contribution is -0.137. The molecule has 32 heavy (non-hydrogen) atoms. The molecular formula is C22H18F4N2O3S. The van der Waals surface area contributed by atoms with E-state index < -0.39 is 40.0 Å². The fraction of sp³-hybridized carbons (Fsp3) is 0.136. The van der Waals surface area contributed by atoms with E-state index >= 15 is 0 Å². The molecule has 0 aliphatic carbocycles. The average molecular weight is 466 g/mol. The van der Waals surface area contributed by atoms with E-state index in [2.05, 4.69) is 5.32 Å². The molecule has 0 aromatic heterocycles. The molecular weight excluding hydrogens is 448 g/mol. The van der Waals surface area contributed by atoms with E-state index in [1.54, 1.807) is 30.3 Å². The number of benzene rings is 3. The second-order valence-corrected chi connectivity index (χ2v) is 8.78. The van der Waals surface area contributed by atoms with Crippen LogP contribution in [0, 0.1) is 5.82 Å². The topological polar surface area (TPSA) is 66.5 Å². The van der Waals surface area contributed by atoms with Gasteiger partial charge in [0.1, 0.15) is 5.82 Å².